The molecule has 1 unspecified atom stereocenters. The molecule has 3 heterocycles. The Labute approximate surface area is 165 Å². The van der Waals surface area contributed by atoms with E-state index in [1.54, 1.807) is 17.9 Å². The second-order valence-electron chi connectivity index (χ2n) is 7.36. The highest BCUT2D eigenvalue weighted by Gasteiger charge is 2.37. The fourth-order valence-corrected chi connectivity index (χ4v) is 3.19. The van der Waals surface area contributed by atoms with Gasteiger partial charge in [-0.15, -0.1) is 0 Å². The van der Waals surface area contributed by atoms with E-state index in [2.05, 4.69) is 10.1 Å². The third kappa shape index (κ3) is 3.99. The molecule has 0 aromatic carbocycles. The smallest absolute Gasteiger partial charge is 0.340 e. The van der Waals surface area contributed by atoms with E-state index in [-0.39, 0.29) is 23.3 Å². The zero-order valence-electron chi connectivity index (χ0n) is 16.6. The average Bonchev–Trinajstić information content (AvgIpc) is 3.05. The summed E-state index contributed by atoms with van der Waals surface area (Å²) >= 11 is 0. The number of carbonyl (C=O) groups excluding carboxylic acids is 2. The van der Waals surface area contributed by atoms with Gasteiger partial charge in [0.25, 0.3) is 5.91 Å². The van der Waals surface area contributed by atoms with Crippen LogP contribution in [0, 0.1) is 6.92 Å². The number of aryl methyl sites for hydroxylation is 1. The Morgan fingerprint density at radius 3 is 2.55 bits per heavy atom. The average molecular weight is 412 g/mol. The molecule has 0 spiro atoms. The molecule has 0 bridgehead atoms. The topological polar surface area (TPSA) is 82.8 Å². The summed E-state index contributed by atoms with van der Waals surface area (Å²) in [6, 6.07) is -0.520. The fourth-order valence-electron chi connectivity index (χ4n) is 3.19. The minimum Gasteiger partial charge on any atom is -0.340 e. The number of aromatic nitrogens is 3. The maximum Gasteiger partial charge on any atom is 0.408 e. The number of nitrogens with zero attached hydrogens (tertiary/aromatic N) is 5. The van der Waals surface area contributed by atoms with E-state index in [0.717, 1.165) is 13.3 Å². The molecule has 1 N–H and O–H groups in total. The van der Waals surface area contributed by atoms with Gasteiger partial charge in [-0.1, -0.05) is 0 Å². The number of alkyl halides is 3. The van der Waals surface area contributed by atoms with Gasteiger partial charge in [-0.25, -0.2) is 14.3 Å². The number of rotatable bonds is 4. The summed E-state index contributed by atoms with van der Waals surface area (Å²) < 4.78 is 39.7. The first kappa shape index (κ1) is 20.9. The van der Waals surface area contributed by atoms with Crippen LogP contribution < -0.4 is 10.2 Å². The first-order chi connectivity index (χ1) is 13.5. The van der Waals surface area contributed by atoms with Crippen LogP contribution in [-0.4, -0.2) is 62.8 Å². The number of amides is 3. The summed E-state index contributed by atoms with van der Waals surface area (Å²) in [4.78, 5) is 32.8. The zero-order valence-corrected chi connectivity index (χ0v) is 16.6. The van der Waals surface area contributed by atoms with E-state index in [1.807, 2.05) is 19.2 Å². The third-order valence-electron chi connectivity index (χ3n) is 4.88. The maximum absolute atomic E-state index is 12.8. The summed E-state index contributed by atoms with van der Waals surface area (Å²) in [5.74, 6) is -0.591. The second kappa shape index (κ2) is 7.53. The lowest BCUT2D eigenvalue weighted by molar-refractivity contribution is -0.149. The molecule has 3 amide bonds. The van der Waals surface area contributed by atoms with Gasteiger partial charge >= 0.3 is 12.2 Å². The number of anilines is 1. The van der Waals surface area contributed by atoms with E-state index in [9.17, 15) is 22.8 Å². The molecule has 2 aromatic heterocycles. The lowest BCUT2D eigenvalue weighted by Gasteiger charge is -2.37. The summed E-state index contributed by atoms with van der Waals surface area (Å²) in [5, 5.41) is 5.97. The van der Waals surface area contributed by atoms with Crippen molar-refractivity contribution in [3.05, 3.63) is 23.5 Å². The van der Waals surface area contributed by atoms with Gasteiger partial charge in [0.05, 0.1) is 6.20 Å². The minimum atomic E-state index is -4.56. The molecule has 1 atom stereocenters. The Bertz CT molecular complexity index is 940. The van der Waals surface area contributed by atoms with Crippen molar-refractivity contribution in [1.82, 2.24) is 24.8 Å². The van der Waals surface area contributed by atoms with Crippen LogP contribution in [0.25, 0.3) is 5.65 Å². The van der Waals surface area contributed by atoms with E-state index < -0.39 is 18.1 Å². The van der Waals surface area contributed by atoms with Crippen LogP contribution in [0.5, 0.6) is 0 Å². The van der Waals surface area contributed by atoms with Crippen LogP contribution in [0.1, 0.15) is 43.2 Å². The number of halogens is 3. The van der Waals surface area contributed by atoms with Gasteiger partial charge < -0.3 is 10.2 Å². The molecule has 29 heavy (non-hydrogen) atoms. The maximum atomic E-state index is 12.8. The monoisotopic (exact) mass is 412 g/mol. The molecule has 2 aromatic rings. The number of hydrogen-bond acceptors (Lipinski definition) is 4. The summed E-state index contributed by atoms with van der Waals surface area (Å²) in [6.07, 6.45) is -2.63. The Morgan fingerprint density at radius 2 is 1.93 bits per heavy atom. The molecule has 0 radical (unpaired) electrons. The van der Waals surface area contributed by atoms with Gasteiger partial charge in [0.1, 0.15) is 17.4 Å². The van der Waals surface area contributed by atoms with Crippen LogP contribution in [-0.2, 0) is 0 Å². The van der Waals surface area contributed by atoms with Gasteiger partial charge in [0.15, 0.2) is 5.65 Å². The van der Waals surface area contributed by atoms with Crippen molar-refractivity contribution in [2.24, 2.45) is 0 Å². The number of hydrogen-bond donors (Lipinski definition) is 1. The first-order valence-corrected chi connectivity index (χ1v) is 9.31. The predicted octanol–water partition coefficient (Wildman–Crippen LogP) is 2.76. The van der Waals surface area contributed by atoms with E-state index >= 15 is 0 Å². The Kier molecular flexibility index (Phi) is 5.42. The summed E-state index contributed by atoms with van der Waals surface area (Å²) in [6.45, 7) is 7.53. The predicted molar refractivity (Wildman–Crippen MR) is 99.9 cm³/mol. The van der Waals surface area contributed by atoms with Gasteiger partial charge in [0.2, 0.25) is 0 Å². The Hall–Kier alpha value is -2.85. The van der Waals surface area contributed by atoms with Crippen molar-refractivity contribution in [2.45, 2.75) is 52.4 Å². The second-order valence-corrected chi connectivity index (χ2v) is 7.36. The molecule has 11 heteroatoms. The number of fused-ring (bicyclic) bond motifs is 1. The molecule has 1 aliphatic heterocycles. The molecular weight excluding hydrogens is 389 g/mol. The summed E-state index contributed by atoms with van der Waals surface area (Å²) in [7, 11) is 0. The number of urea groups is 1. The van der Waals surface area contributed by atoms with E-state index in [4.69, 9.17) is 0 Å². The summed E-state index contributed by atoms with van der Waals surface area (Å²) in [5.41, 5.74) is 0.611. The highest BCUT2D eigenvalue weighted by atomic mass is 19.4. The highest BCUT2D eigenvalue weighted by Crippen LogP contribution is 2.24. The lowest BCUT2D eigenvalue weighted by atomic mass is 10.2. The van der Waals surface area contributed by atoms with Crippen molar-refractivity contribution in [2.75, 3.05) is 18.0 Å². The highest BCUT2D eigenvalue weighted by molar-refractivity contribution is 6.00. The molecule has 158 valence electrons. The van der Waals surface area contributed by atoms with Crippen molar-refractivity contribution >= 4 is 23.4 Å². The standard InChI is InChI=1S/C18H23F3N6O2/c1-10(2)25-6-5-7-26(17(25)29)14-8-11(3)27-15(24-14)13(9-22-27)16(28)23-12(4)18(19,20)21/h8-10,12H,5-7H2,1-4H3,(H,23,28). The Morgan fingerprint density at radius 1 is 1.24 bits per heavy atom. The molecule has 8 nitrogen and oxygen atoms in total. The zero-order chi connectivity index (χ0) is 21.5. The quantitative estimate of drug-likeness (QED) is 0.837. The largest absolute Gasteiger partial charge is 0.408 e. The third-order valence-corrected chi connectivity index (χ3v) is 4.88. The Balaban J connectivity index is 1.97. The molecule has 3 rings (SSSR count). The van der Waals surface area contributed by atoms with Crippen molar-refractivity contribution < 1.29 is 22.8 Å². The first-order valence-electron chi connectivity index (χ1n) is 9.31. The number of carbonyl (C=O) groups is 2. The lowest BCUT2D eigenvalue weighted by Crippen LogP contribution is -2.52. The van der Waals surface area contributed by atoms with Gasteiger partial charge in [0, 0.05) is 30.9 Å². The van der Waals surface area contributed by atoms with Crippen LogP contribution >= 0.6 is 0 Å². The molecule has 0 saturated carbocycles. The van der Waals surface area contributed by atoms with Crippen LogP contribution in [0.15, 0.2) is 12.3 Å². The number of nitrogens with one attached hydrogen (secondary N) is 1. The van der Waals surface area contributed by atoms with Crippen molar-refractivity contribution in [3.63, 3.8) is 0 Å². The SMILES string of the molecule is Cc1cc(N2CCCN(C(C)C)C2=O)nc2c(C(=O)NC(C)C(F)(F)F)cnn12. The van der Waals surface area contributed by atoms with Gasteiger partial charge in [-0.2, -0.15) is 18.3 Å². The molecule has 1 saturated heterocycles. The van der Waals surface area contributed by atoms with Gasteiger partial charge in [-0.05, 0) is 34.1 Å². The van der Waals surface area contributed by atoms with Crippen LogP contribution in [0.4, 0.5) is 23.8 Å². The van der Waals surface area contributed by atoms with Crippen molar-refractivity contribution in [3.8, 4) is 0 Å². The normalized spacial score (nSPS) is 16.6. The van der Waals surface area contributed by atoms with Crippen molar-refractivity contribution in [1.29, 1.82) is 0 Å². The van der Waals surface area contributed by atoms with E-state index in [1.165, 1.54) is 15.6 Å². The van der Waals surface area contributed by atoms with Crippen LogP contribution in [0.2, 0.25) is 0 Å². The van der Waals surface area contributed by atoms with Gasteiger partial charge in [-0.3, -0.25) is 9.69 Å². The van der Waals surface area contributed by atoms with E-state index in [0.29, 0.717) is 24.6 Å². The molecule has 1 fully saturated rings. The molecular formula is C18H23F3N6O2. The van der Waals surface area contributed by atoms with Crippen LogP contribution in [0.3, 0.4) is 0 Å². The minimum absolute atomic E-state index is 0.0234. The fraction of sp³-hybridized carbons (Fsp3) is 0.556. The molecule has 0 aliphatic carbocycles. The molecule has 1 aliphatic rings.